The van der Waals surface area contributed by atoms with Gasteiger partial charge in [0.15, 0.2) is 0 Å². The largest absolute Gasteiger partial charge is 0.340 e. The van der Waals surface area contributed by atoms with Crippen LogP contribution in [0.4, 0.5) is 11.5 Å². The number of hydrogen-bond donors (Lipinski definition) is 1. The molecule has 0 saturated carbocycles. The number of aromatic nitrogens is 2. The molecular formula is C11H11N3. The standard InChI is InChI=1S/C11H11N3/c1-9-12-8-7-11(13-9)14-10-5-3-2-4-6-10/h2-8H,1H3,(H,12,13,14). The summed E-state index contributed by atoms with van der Waals surface area (Å²) in [6.07, 6.45) is 1.74. The molecule has 0 aliphatic carbocycles. The van der Waals surface area contributed by atoms with Crippen LogP contribution in [0.3, 0.4) is 0 Å². The molecule has 0 radical (unpaired) electrons. The van der Waals surface area contributed by atoms with Gasteiger partial charge < -0.3 is 5.32 Å². The highest BCUT2D eigenvalue weighted by Crippen LogP contribution is 2.12. The number of hydrogen-bond acceptors (Lipinski definition) is 3. The van der Waals surface area contributed by atoms with Crippen molar-refractivity contribution in [2.45, 2.75) is 6.92 Å². The van der Waals surface area contributed by atoms with E-state index in [9.17, 15) is 0 Å². The fourth-order valence-electron chi connectivity index (χ4n) is 1.20. The van der Waals surface area contributed by atoms with E-state index in [0.29, 0.717) is 0 Å². The maximum absolute atomic E-state index is 4.25. The van der Waals surface area contributed by atoms with Crippen LogP contribution < -0.4 is 5.32 Å². The third kappa shape index (κ3) is 2.07. The molecule has 1 heterocycles. The van der Waals surface area contributed by atoms with Crippen molar-refractivity contribution in [3.63, 3.8) is 0 Å². The van der Waals surface area contributed by atoms with Gasteiger partial charge in [0.2, 0.25) is 0 Å². The summed E-state index contributed by atoms with van der Waals surface area (Å²) in [7, 11) is 0. The SMILES string of the molecule is Cc1nccc(Nc2ccccc2)n1. The van der Waals surface area contributed by atoms with Crippen molar-refractivity contribution in [2.75, 3.05) is 5.32 Å². The first-order valence-electron chi connectivity index (χ1n) is 4.46. The number of anilines is 2. The number of benzene rings is 1. The van der Waals surface area contributed by atoms with Crippen LogP contribution in [0.15, 0.2) is 42.6 Å². The molecule has 1 aromatic carbocycles. The van der Waals surface area contributed by atoms with Gasteiger partial charge in [-0.3, -0.25) is 0 Å². The molecule has 0 atom stereocenters. The predicted molar refractivity (Wildman–Crippen MR) is 56.5 cm³/mol. The Kier molecular flexibility index (Phi) is 2.40. The maximum Gasteiger partial charge on any atom is 0.134 e. The number of para-hydroxylation sites is 1. The highest BCUT2D eigenvalue weighted by molar-refractivity contribution is 5.55. The normalized spacial score (nSPS) is 9.79. The highest BCUT2D eigenvalue weighted by Gasteiger charge is 1.94. The first-order chi connectivity index (χ1) is 6.84. The minimum absolute atomic E-state index is 0.769. The lowest BCUT2D eigenvalue weighted by molar-refractivity contribution is 1.06. The van der Waals surface area contributed by atoms with E-state index in [2.05, 4.69) is 15.3 Å². The van der Waals surface area contributed by atoms with Crippen LogP contribution in [0.25, 0.3) is 0 Å². The molecule has 0 amide bonds. The van der Waals surface area contributed by atoms with E-state index in [1.54, 1.807) is 6.20 Å². The van der Waals surface area contributed by atoms with Crippen LogP contribution in [0.2, 0.25) is 0 Å². The second kappa shape index (κ2) is 3.87. The molecule has 3 nitrogen and oxygen atoms in total. The average Bonchev–Trinajstić information content (AvgIpc) is 2.19. The lowest BCUT2D eigenvalue weighted by Crippen LogP contribution is -1.95. The van der Waals surface area contributed by atoms with E-state index in [4.69, 9.17) is 0 Å². The van der Waals surface area contributed by atoms with Gasteiger partial charge in [-0.15, -0.1) is 0 Å². The number of nitrogens with one attached hydrogen (secondary N) is 1. The third-order valence-electron chi connectivity index (χ3n) is 1.82. The Labute approximate surface area is 82.8 Å². The predicted octanol–water partition coefficient (Wildman–Crippen LogP) is 2.53. The summed E-state index contributed by atoms with van der Waals surface area (Å²) >= 11 is 0. The summed E-state index contributed by atoms with van der Waals surface area (Å²) in [6.45, 7) is 1.87. The third-order valence-corrected chi connectivity index (χ3v) is 1.82. The van der Waals surface area contributed by atoms with E-state index in [1.165, 1.54) is 0 Å². The smallest absolute Gasteiger partial charge is 0.134 e. The summed E-state index contributed by atoms with van der Waals surface area (Å²) in [6, 6.07) is 11.8. The Balaban J connectivity index is 2.19. The highest BCUT2D eigenvalue weighted by atomic mass is 15.0. The Morgan fingerprint density at radius 1 is 1.07 bits per heavy atom. The van der Waals surface area contributed by atoms with Crippen molar-refractivity contribution >= 4 is 11.5 Å². The molecule has 0 aliphatic heterocycles. The molecule has 1 N–H and O–H groups in total. The van der Waals surface area contributed by atoms with Gasteiger partial charge in [0.05, 0.1) is 0 Å². The molecule has 0 spiro atoms. The fourth-order valence-corrected chi connectivity index (χ4v) is 1.20. The summed E-state index contributed by atoms with van der Waals surface area (Å²) < 4.78 is 0. The molecule has 0 aliphatic rings. The summed E-state index contributed by atoms with van der Waals surface area (Å²) in [5, 5.41) is 3.19. The number of aryl methyl sites for hydroxylation is 1. The molecule has 0 saturated heterocycles. The molecule has 0 fully saturated rings. The van der Waals surface area contributed by atoms with Gasteiger partial charge in [0, 0.05) is 11.9 Å². The lowest BCUT2D eigenvalue weighted by Gasteiger charge is -2.04. The van der Waals surface area contributed by atoms with Crippen molar-refractivity contribution in [1.29, 1.82) is 0 Å². The van der Waals surface area contributed by atoms with Crippen molar-refractivity contribution < 1.29 is 0 Å². The molecule has 14 heavy (non-hydrogen) atoms. The molecule has 0 unspecified atom stereocenters. The Hall–Kier alpha value is -1.90. The topological polar surface area (TPSA) is 37.8 Å². The van der Waals surface area contributed by atoms with Crippen molar-refractivity contribution in [3.05, 3.63) is 48.4 Å². The molecule has 2 aromatic rings. The van der Waals surface area contributed by atoms with Crippen LogP contribution in [-0.2, 0) is 0 Å². The zero-order valence-corrected chi connectivity index (χ0v) is 7.94. The van der Waals surface area contributed by atoms with E-state index in [1.807, 2.05) is 43.3 Å². The van der Waals surface area contributed by atoms with Gasteiger partial charge in [-0.05, 0) is 25.1 Å². The second-order valence-electron chi connectivity index (χ2n) is 2.98. The minimum Gasteiger partial charge on any atom is -0.340 e. The van der Waals surface area contributed by atoms with Gasteiger partial charge in [-0.25, -0.2) is 9.97 Å². The van der Waals surface area contributed by atoms with Crippen molar-refractivity contribution in [1.82, 2.24) is 9.97 Å². The monoisotopic (exact) mass is 185 g/mol. The molecule has 70 valence electrons. The van der Waals surface area contributed by atoms with Gasteiger partial charge in [-0.1, -0.05) is 18.2 Å². The Morgan fingerprint density at radius 2 is 1.86 bits per heavy atom. The fraction of sp³-hybridized carbons (Fsp3) is 0.0909. The zero-order valence-electron chi connectivity index (χ0n) is 7.94. The van der Waals surface area contributed by atoms with E-state index >= 15 is 0 Å². The Bertz CT molecular complexity index is 412. The van der Waals surface area contributed by atoms with Gasteiger partial charge in [-0.2, -0.15) is 0 Å². The van der Waals surface area contributed by atoms with Crippen molar-refractivity contribution in [3.8, 4) is 0 Å². The van der Waals surface area contributed by atoms with Gasteiger partial charge >= 0.3 is 0 Å². The summed E-state index contributed by atoms with van der Waals surface area (Å²) in [4.78, 5) is 8.28. The minimum atomic E-state index is 0.769. The molecule has 1 aromatic heterocycles. The van der Waals surface area contributed by atoms with Crippen LogP contribution >= 0.6 is 0 Å². The maximum atomic E-state index is 4.25. The van der Waals surface area contributed by atoms with Crippen LogP contribution in [-0.4, -0.2) is 9.97 Å². The second-order valence-corrected chi connectivity index (χ2v) is 2.98. The Morgan fingerprint density at radius 3 is 2.57 bits per heavy atom. The first kappa shape index (κ1) is 8.69. The number of nitrogens with zero attached hydrogens (tertiary/aromatic N) is 2. The van der Waals surface area contributed by atoms with Crippen molar-refractivity contribution in [2.24, 2.45) is 0 Å². The quantitative estimate of drug-likeness (QED) is 0.781. The summed E-state index contributed by atoms with van der Waals surface area (Å²) in [5.74, 6) is 1.59. The molecule has 2 rings (SSSR count). The van der Waals surface area contributed by atoms with Crippen LogP contribution in [0.5, 0.6) is 0 Å². The van der Waals surface area contributed by atoms with Gasteiger partial charge in [0.1, 0.15) is 11.6 Å². The average molecular weight is 185 g/mol. The van der Waals surface area contributed by atoms with Gasteiger partial charge in [0.25, 0.3) is 0 Å². The van der Waals surface area contributed by atoms with Crippen LogP contribution in [0.1, 0.15) is 5.82 Å². The van der Waals surface area contributed by atoms with E-state index in [-0.39, 0.29) is 0 Å². The van der Waals surface area contributed by atoms with E-state index in [0.717, 1.165) is 17.3 Å². The number of rotatable bonds is 2. The van der Waals surface area contributed by atoms with E-state index < -0.39 is 0 Å². The molecule has 3 heteroatoms. The molecule has 0 bridgehead atoms. The molecular weight excluding hydrogens is 174 g/mol. The summed E-state index contributed by atoms with van der Waals surface area (Å²) in [5.41, 5.74) is 1.03. The zero-order chi connectivity index (χ0) is 9.80. The lowest BCUT2D eigenvalue weighted by atomic mass is 10.3. The first-order valence-corrected chi connectivity index (χ1v) is 4.46. The van der Waals surface area contributed by atoms with Crippen LogP contribution in [0, 0.1) is 6.92 Å².